The summed E-state index contributed by atoms with van der Waals surface area (Å²) in [6.45, 7) is 3.51. The fraction of sp³-hybridized carbons (Fsp3) is 0.350. The van der Waals surface area contributed by atoms with E-state index in [1.807, 2.05) is 19.1 Å². The SMILES string of the molecule is CCNC(=NCc1ccc(O)c(F)c1)NCC1(c2ccccc2F)CC1. The van der Waals surface area contributed by atoms with Gasteiger partial charge in [-0.05, 0) is 49.1 Å². The zero-order valence-corrected chi connectivity index (χ0v) is 14.7. The van der Waals surface area contributed by atoms with E-state index < -0.39 is 5.82 Å². The summed E-state index contributed by atoms with van der Waals surface area (Å²) in [5, 5.41) is 15.7. The number of hydrogen-bond donors (Lipinski definition) is 3. The van der Waals surface area contributed by atoms with Crippen molar-refractivity contribution >= 4 is 5.96 Å². The van der Waals surface area contributed by atoms with Gasteiger partial charge in [0, 0.05) is 18.5 Å². The van der Waals surface area contributed by atoms with E-state index in [4.69, 9.17) is 0 Å². The monoisotopic (exact) mass is 359 g/mol. The molecule has 0 aliphatic heterocycles. The molecule has 2 aromatic rings. The molecule has 3 rings (SSSR count). The Morgan fingerprint density at radius 3 is 2.54 bits per heavy atom. The third kappa shape index (κ3) is 4.12. The van der Waals surface area contributed by atoms with Gasteiger partial charge in [-0.2, -0.15) is 0 Å². The minimum atomic E-state index is -0.660. The highest BCUT2D eigenvalue weighted by Gasteiger charge is 2.45. The van der Waals surface area contributed by atoms with E-state index in [-0.39, 0.29) is 23.5 Å². The van der Waals surface area contributed by atoms with Crippen LogP contribution in [0.3, 0.4) is 0 Å². The van der Waals surface area contributed by atoms with Crippen LogP contribution in [-0.4, -0.2) is 24.2 Å². The van der Waals surface area contributed by atoms with Crippen LogP contribution in [0, 0.1) is 11.6 Å². The Morgan fingerprint density at radius 1 is 1.12 bits per heavy atom. The number of benzene rings is 2. The average molecular weight is 359 g/mol. The summed E-state index contributed by atoms with van der Waals surface area (Å²) in [6.07, 6.45) is 1.87. The summed E-state index contributed by atoms with van der Waals surface area (Å²) in [4.78, 5) is 4.45. The fourth-order valence-electron chi connectivity index (χ4n) is 3.00. The van der Waals surface area contributed by atoms with E-state index in [2.05, 4.69) is 15.6 Å². The minimum absolute atomic E-state index is 0.173. The lowest BCUT2D eigenvalue weighted by Crippen LogP contribution is -2.41. The van der Waals surface area contributed by atoms with Gasteiger partial charge in [0.25, 0.3) is 0 Å². The largest absolute Gasteiger partial charge is 0.505 e. The molecule has 1 aliphatic rings. The molecule has 0 atom stereocenters. The molecule has 26 heavy (non-hydrogen) atoms. The Bertz CT molecular complexity index is 803. The van der Waals surface area contributed by atoms with Crippen LogP contribution in [0.5, 0.6) is 5.75 Å². The highest BCUT2D eigenvalue weighted by molar-refractivity contribution is 5.80. The van der Waals surface area contributed by atoms with Gasteiger partial charge in [-0.3, -0.25) is 0 Å². The number of halogens is 2. The maximum atomic E-state index is 14.1. The van der Waals surface area contributed by atoms with Crippen LogP contribution in [0.1, 0.15) is 30.9 Å². The van der Waals surface area contributed by atoms with Gasteiger partial charge < -0.3 is 15.7 Å². The quantitative estimate of drug-likeness (QED) is 0.547. The van der Waals surface area contributed by atoms with Crippen molar-refractivity contribution in [3.8, 4) is 5.75 Å². The number of nitrogens with one attached hydrogen (secondary N) is 2. The summed E-state index contributed by atoms with van der Waals surface area (Å²) in [5.41, 5.74) is 1.21. The summed E-state index contributed by atoms with van der Waals surface area (Å²) in [5.74, 6) is -0.604. The molecule has 4 nitrogen and oxygen atoms in total. The van der Waals surface area contributed by atoms with Gasteiger partial charge in [-0.15, -0.1) is 0 Å². The molecule has 3 N–H and O–H groups in total. The van der Waals surface area contributed by atoms with Crippen molar-refractivity contribution in [2.75, 3.05) is 13.1 Å². The Labute approximate surface area is 152 Å². The molecular formula is C20H23F2N3O. The van der Waals surface area contributed by atoms with Crippen LogP contribution >= 0.6 is 0 Å². The molecule has 0 aromatic heterocycles. The number of rotatable bonds is 6. The second-order valence-electron chi connectivity index (χ2n) is 6.59. The molecule has 0 amide bonds. The zero-order valence-electron chi connectivity index (χ0n) is 14.7. The van der Waals surface area contributed by atoms with Gasteiger partial charge in [-0.1, -0.05) is 24.3 Å². The standard InChI is InChI=1S/C20H23F2N3O/c1-2-23-19(24-12-14-7-8-18(26)17(22)11-14)25-13-20(9-10-20)15-5-3-4-6-16(15)21/h3-8,11,26H,2,9-10,12-13H2,1H3,(H2,23,24,25). The first-order chi connectivity index (χ1) is 12.5. The summed E-state index contributed by atoms with van der Waals surface area (Å²) in [7, 11) is 0. The van der Waals surface area contributed by atoms with Crippen molar-refractivity contribution in [1.82, 2.24) is 10.6 Å². The van der Waals surface area contributed by atoms with Crippen molar-refractivity contribution in [3.63, 3.8) is 0 Å². The van der Waals surface area contributed by atoms with Gasteiger partial charge in [0.05, 0.1) is 6.54 Å². The molecule has 1 fully saturated rings. The number of nitrogens with zero attached hydrogens (tertiary/aromatic N) is 1. The molecular weight excluding hydrogens is 336 g/mol. The number of aliphatic imine (C=N–C) groups is 1. The molecule has 6 heteroatoms. The molecule has 138 valence electrons. The van der Waals surface area contributed by atoms with Gasteiger partial charge >= 0.3 is 0 Å². The lowest BCUT2D eigenvalue weighted by atomic mass is 9.95. The molecule has 0 heterocycles. The third-order valence-electron chi connectivity index (χ3n) is 4.67. The first-order valence-corrected chi connectivity index (χ1v) is 8.79. The molecule has 0 radical (unpaired) electrons. The van der Waals surface area contributed by atoms with Crippen molar-refractivity contribution in [3.05, 3.63) is 65.2 Å². The number of aromatic hydroxyl groups is 1. The van der Waals surface area contributed by atoms with Crippen molar-refractivity contribution in [1.29, 1.82) is 0 Å². The van der Waals surface area contributed by atoms with Crippen LogP contribution in [0.4, 0.5) is 8.78 Å². The van der Waals surface area contributed by atoms with Gasteiger partial charge in [0.2, 0.25) is 0 Å². The van der Waals surface area contributed by atoms with Crippen LogP contribution in [0.2, 0.25) is 0 Å². The van der Waals surface area contributed by atoms with Crippen molar-refractivity contribution in [2.24, 2.45) is 4.99 Å². The maximum absolute atomic E-state index is 14.1. The van der Waals surface area contributed by atoms with E-state index in [1.54, 1.807) is 12.1 Å². The topological polar surface area (TPSA) is 56.7 Å². The van der Waals surface area contributed by atoms with Gasteiger partial charge in [0.1, 0.15) is 5.82 Å². The molecule has 1 saturated carbocycles. The first kappa shape index (κ1) is 18.2. The smallest absolute Gasteiger partial charge is 0.191 e. The zero-order chi connectivity index (χ0) is 18.6. The van der Waals surface area contributed by atoms with Crippen LogP contribution in [0.25, 0.3) is 0 Å². The number of phenols is 1. The maximum Gasteiger partial charge on any atom is 0.191 e. The predicted octanol–water partition coefficient (Wildman–Crippen LogP) is 3.46. The number of phenolic OH excluding ortho intramolecular Hbond substituents is 1. The number of guanidine groups is 1. The minimum Gasteiger partial charge on any atom is -0.505 e. The molecule has 0 saturated heterocycles. The second-order valence-corrected chi connectivity index (χ2v) is 6.59. The molecule has 0 spiro atoms. The van der Waals surface area contributed by atoms with E-state index in [0.29, 0.717) is 24.6 Å². The van der Waals surface area contributed by atoms with Crippen LogP contribution in [0.15, 0.2) is 47.5 Å². The summed E-state index contributed by atoms with van der Waals surface area (Å²) in [6, 6.07) is 11.1. The average Bonchev–Trinajstić information content (AvgIpc) is 3.41. The van der Waals surface area contributed by atoms with Crippen LogP contribution in [-0.2, 0) is 12.0 Å². The predicted molar refractivity (Wildman–Crippen MR) is 98.2 cm³/mol. The molecule has 2 aromatic carbocycles. The summed E-state index contributed by atoms with van der Waals surface area (Å²) < 4.78 is 27.5. The van der Waals surface area contributed by atoms with Crippen molar-refractivity contribution < 1.29 is 13.9 Å². The highest BCUT2D eigenvalue weighted by Crippen LogP contribution is 2.48. The Kier molecular flexibility index (Phi) is 5.40. The van der Waals surface area contributed by atoms with E-state index in [1.165, 1.54) is 18.2 Å². The van der Waals surface area contributed by atoms with E-state index in [9.17, 15) is 13.9 Å². The Balaban J connectivity index is 1.67. The van der Waals surface area contributed by atoms with E-state index in [0.717, 1.165) is 18.4 Å². The van der Waals surface area contributed by atoms with Gasteiger partial charge in [-0.25, -0.2) is 13.8 Å². The van der Waals surface area contributed by atoms with Crippen LogP contribution < -0.4 is 10.6 Å². The second kappa shape index (κ2) is 7.72. The summed E-state index contributed by atoms with van der Waals surface area (Å²) >= 11 is 0. The van der Waals surface area contributed by atoms with E-state index >= 15 is 0 Å². The Hall–Kier alpha value is -2.63. The highest BCUT2D eigenvalue weighted by atomic mass is 19.1. The van der Waals surface area contributed by atoms with Gasteiger partial charge in [0.15, 0.2) is 17.5 Å². The molecule has 0 bridgehead atoms. The Morgan fingerprint density at radius 2 is 1.88 bits per heavy atom. The lowest BCUT2D eigenvalue weighted by molar-refractivity contribution is 0.432. The fourth-order valence-corrected chi connectivity index (χ4v) is 3.00. The van der Waals surface area contributed by atoms with Crippen molar-refractivity contribution in [2.45, 2.75) is 31.7 Å². The number of hydrogen-bond acceptors (Lipinski definition) is 2. The molecule has 1 aliphatic carbocycles. The normalized spacial score (nSPS) is 15.6. The lowest BCUT2D eigenvalue weighted by Gasteiger charge is -2.19. The molecule has 0 unspecified atom stereocenters. The third-order valence-corrected chi connectivity index (χ3v) is 4.67. The first-order valence-electron chi connectivity index (χ1n) is 8.79.